The van der Waals surface area contributed by atoms with Crippen molar-refractivity contribution in [1.82, 2.24) is 9.97 Å². The fourth-order valence-electron chi connectivity index (χ4n) is 2.30. The second-order valence-corrected chi connectivity index (χ2v) is 7.05. The summed E-state index contributed by atoms with van der Waals surface area (Å²) in [6, 6.07) is 2.17. The van der Waals surface area contributed by atoms with E-state index in [9.17, 15) is 0 Å². The average molecular weight is 306 g/mol. The van der Waals surface area contributed by atoms with Gasteiger partial charge >= 0.3 is 0 Å². The lowest BCUT2D eigenvalue weighted by atomic mass is 10.1. The van der Waals surface area contributed by atoms with Crippen LogP contribution < -0.4 is 10.6 Å². The first-order valence-corrected chi connectivity index (χ1v) is 8.67. The molecule has 2 aromatic heterocycles. The van der Waals surface area contributed by atoms with Crippen LogP contribution >= 0.6 is 11.3 Å². The van der Waals surface area contributed by atoms with E-state index in [0.717, 1.165) is 41.0 Å². The third-order valence-corrected chi connectivity index (χ3v) is 4.30. The molecule has 0 bridgehead atoms. The summed E-state index contributed by atoms with van der Waals surface area (Å²) in [5.41, 5.74) is 0. The van der Waals surface area contributed by atoms with Crippen molar-refractivity contribution in [3.05, 3.63) is 10.9 Å². The summed E-state index contributed by atoms with van der Waals surface area (Å²) in [6.07, 6.45) is 3.74. The highest BCUT2D eigenvalue weighted by atomic mass is 32.1. The summed E-state index contributed by atoms with van der Waals surface area (Å²) in [5.74, 6) is 2.47. The SMILES string of the molecule is CCNc1nc(NCCCCC(C)C)c2cc(C)sc2n1. The first kappa shape index (κ1) is 16.0. The van der Waals surface area contributed by atoms with Crippen LogP contribution in [0, 0.1) is 12.8 Å². The highest BCUT2D eigenvalue weighted by Crippen LogP contribution is 2.29. The Hall–Kier alpha value is -1.36. The Kier molecular flexibility index (Phi) is 5.79. The van der Waals surface area contributed by atoms with Gasteiger partial charge in [-0.05, 0) is 32.3 Å². The smallest absolute Gasteiger partial charge is 0.226 e. The topological polar surface area (TPSA) is 49.8 Å². The molecule has 0 saturated carbocycles. The summed E-state index contributed by atoms with van der Waals surface area (Å²) in [7, 11) is 0. The maximum atomic E-state index is 4.61. The van der Waals surface area contributed by atoms with Gasteiger partial charge in [0.2, 0.25) is 5.95 Å². The van der Waals surface area contributed by atoms with Gasteiger partial charge in [0.05, 0.1) is 5.39 Å². The van der Waals surface area contributed by atoms with Crippen LogP contribution in [-0.2, 0) is 0 Å². The first-order valence-electron chi connectivity index (χ1n) is 7.86. The number of aromatic nitrogens is 2. The van der Waals surface area contributed by atoms with Crippen molar-refractivity contribution in [3.8, 4) is 0 Å². The molecule has 0 spiro atoms. The molecule has 21 heavy (non-hydrogen) atoms. The van der Waals surface area contributed by atoms with E-state index in [1.165, 1.54) is 24.1 Å². The highest BCUT2D eigenvalue weighted by Gasteiger charge is 2.10. The van der Waals surface area contributed by atoms with Crippen LogP contribution in [0.2, 0.25) is 0 Å². The van der Waals surface area contributed by atoms with Crippen molar-refractivity contribution in [2.24, 2.45) is 5.92 Å². The summed E-state index contributed by atoms with van der Waals surface area (Å²) in [4.78, 5) is 11.5. The summed E-state index contributed by atoms with van der Waals surface area (Å²) < 4.78 is 0. The normalized spacial score (nSPS) is 11.3. The van der Waals surface area contributed by atoms with Gasteiger partial charge in [-0.3, -0.25) is 0 Å². The van der Waals surface area contributed by atoms with E-state index < -0.39 is 0 Å². The van der Waals surface area contributed by atoms with E-state index in [1.54, 1.807) is 11.3 Å². The molecule has 2 rings (SSSR count). The van der Waals surface area contributed by atoms with Gasteiger partial charge in [-0.2, -0.15) is 4.98 Å². The van der Waals surface area contributed by atoms with Crippen LogP contribution in [0.25, 0.3) is 10.2 Å². The molecule has 0 saturated heterocycles. The molecule has 116 valence electrons. The van der Waals surface area contributed by atoms with Gasteiger partial charge in [0.15, 0.2) is 0 Å². The van der Waals surface area contributed by atoms with Crippen LogP contribution in [-0.4, -0.2) is 23.1 Å². The minimum Gasteiger partial charge on any atom is -0.369 e. The Morgan fingerprint density at radius 3 is 2.71 bits per heavy atom. The second-order valence-electron chi connectivity index (χ2n) is 5.82. The number of nitrogens with zero attached hydrogens (tertiary/aromatic N) is 2. The predicted octanol–water partition coefficient (Wildman–Crippen LogP) is 4.67. The Balaban J connectivity index is 2.06. The molecule has 0 radical (unpaired) electrons. The van der Waals surface area contributed by atoms with Gasteiger partial charge in [-0.1, -0.05) is 26.7 Å². The van der Waals surface area contributed by atoms with Crippen molar-refractivity contribution >= 4 is 33.3 Å². The van der Waals surface area contributed by atoms with Crippen molar-refractivity contribution in [3.63, 3.8) is 0 Å². The zero-order valence-corrected chi connectivity index (χ0v) is 14.3. The number of hydrogen-bond donors (Lipinski definition) is 2. The quantitative estimate of drug-likeness (QED) is 0.696. The van der Waals surface area contributed by atoms with Crippen LogP contribution in [0.15, 0.2) is 6.07 Å². The number of unbranched alkanes of at least 4 members (excludes halogenated alkanes) is 1. The summed E-state index contributed by atoms with van der Waals surface area (Å²) in [5, 5.41) is 7.84. The van der Waals surface area contributed by atoms with Gasteiger partial charge < -0.3 is 10.6 Å². The molecule has 0 amide bonds. The maximum absolute atomic E-state index is 4.61. The number of thiophene rings is 1. The van der Waals surface area contributed by atoms with Crippen molar-refractivity contribution in [2.45, 2.75) is 47.0 Å². The minimum atomic E-state index is 0.719. The van der Waals surface area contributed by atoms with Crippen molar-refractivity contribution in [2.75, 3.05) is 23.7 Å². The zero-order chi connectivity index (χ0) is 15.2. The number of rotatable bonds is 8. The first-order chi connectivity index (χ1) is 10.1. The Morgan fingerprint density at radius 2 is 2.00 bits per heavy atom. The molecular weight excluding hydrogens is 280 g/mol. The number of anilines is 2. The van der Waals surface area contributed by atoms with Gasteiger partial charge in [0.25, 0.3) is 0 Å². The van der Waals surface area contributed by atoms with E-state index >= 15 is 0 Å². The molecule has 2 N–H and O–H groups in total. The lowest BCUT2D eigenvalue weighted by Gasteiger charge is -2.09. The lowest BCUT2D eigenvalue weighted by Crippen LogP contribution is -2.08. The molecule has 0 aliphatic carbocycles. The zero-order valence-electron chi connectivity index (χ0n) is 13.5. The molecule has 0 atom stereocenters. The molecule has 4 nitrogen and oxygen atoms in total. The van der Waals surface area contributed by atoms with Crippen LogP contribution in [0.1, 0.15) is 44.9 Å². The van der Waals surface area contributed by atoms with Gasteiger partial charge in [0, 0.05) is 18.0 Å². The molecular formula is C16H26N4S. The number of hydrogen-bond acceptors (Lipinski definition) is 5. The Labute approximate surface area is 131 Å². The van der Waals surface area contributed by atoms with Gasteiger partial charge in [-0.25, -0.2) is 4.98 Å². The van der Waals surface area contributed by atoms with E-state index in [1.807, 2.05) is 0 Å². The molecule has 5 heteroatoms. The minimum absolute atomic E-state index is 0.719. The fourth-order valence-corrected chi connectivity index (χ4v) is 3.18. The van der Waals surface area contributed by atoms with Gasteiger partial charge in [0.1, 0.15) is 10.6 Å². The fraction of sp³-hybridized carbons (Fsp3) is 0.625. The molecule has 2 heterocycles. The van der Waals surface area contributed by atoms with Crippen LogP contribution in [0.5, 0.6) is 0 Å². The number of nitrogens with one attached hydrogen (secondary N) is 2. The molecule has 0 aromatic carbocycles. The molecule has 0 aliphatic rings. The Bertz CT molecular complexity index is 577. The Morgan fingerprint density at radius 1 is 1.19 bits per heavy atom. The number of aryl methyl sites for hydroxylation is 1. The van der Waals surface area contributed by atoms with E-state index in [0.29, 0.717) is 0 Å². The van der Waals surface area contributed by atoms with E-state index in [2.05, 4.69) is 54.4 Å². The third kappa shape index (κ3) is 4.56. The van der Waals surface area contributed by atoms with Gasteiger partial charge in [-0.15, -0.1) is 11.3 Å². The maximum Gasteiger partial charge on any atom is 0.226 e. The standard InChI is InChI=1S/C16H26N4S/c1-5-17-16-19-14(18-9-7-6-8-11(2)3)13-10-12(4)21-15(13)20-16/h10-11H,5-9H2,1-4H3,(H2,17,18,19,20). The van der Waals surface area contributed by atoms with Crippen molar-refractivity contribution < 1.29 is 0 Å². The predicted molar refractivity (Wildman–Crippen MR) is 93.5 cm³/mol. The average Bonchev–Trinajstić information content (AvgIpc) is 2.78. The third-order valence-electron chi connectivity index (χ3n) is 3.35. The molecule has 2 aromatic rings. The summed E-state index contributed by atoms with van der Waals surface area (Å²) >= 11 is 1.72. The van der Waals surface area contributed by atoms with E-state index in [4.69, 9.17) is 0 Å². The molecule has 0 fully saturated rings. The van der Waals surface area contributed by atoms with Crippen LogP contribution in [0.4, 0.5) is 11.8 Å². The largest absolute Gasteiger partial charge is 0.369 e. The van der Waals surface area contributed by atoms with Crippen LogP contribution in [0.3, 0.4) is 0 Å². The lowest BCUT2D eigenvalue weighted by molar-refractivity contribution is 0.544. The number of fused-ring (bicyclic) bond motifs is 1. The monoisotopic (exact) mass is 306 g/mol. The summed E-state index contributed by atoms with van der Waals surface area (Å²) in [6.45, 7) is 10.5. The highest BCUT2D eigenvalue weighted by molar-refractivity contribution is 7.18. The van der Waals surface area contributed by atoms with Crippen molar-refractivity contribution in [1.29, 1.82) is 0 Å². The molecule has 0 aliphatic heterocycles. The second kappa shape index (κ2) is 7.59. The molecule has 0 unspecified atom stereocenters. The van der Waals surface area contributed by atoms with E-state index in [-0.39, 0.29) is 0 Å².